The smallest absolute Gasteiger partial charge is 0.222 e. The standard InChI is InChI=1S/C12H15ClN2O/c1-2-7-15-12(16)6-8-14-11-5-3-4-10(13)9-11/h2-5,9,14H,1,6-8H2,(H,15,16). The van der Waals surface area contributed by atoms with Crippen LogP contribution >= 0.6 is 11.6 Å². The number of anilines is 1. The van der Waals surface area contributed by atoms with Crippen LogP contribution in [0.15, 0.2) is 36.9 Å². The summed E-state index contributed by atoms with van der Waals surface area (Å²) in [5.74, 6) is 0.00873. The van der Waals surface area contributed by atoms with Crippen LogP contribution in [-0.4, -0.2) is 19.0 Å². The SMILES string of the molecule is C=CCNC(=O)CCNc1cccc(Cl)c1. The van der Waals surface area contributed by atoms with Gasteiger partial charge in [-0.15, -0.1) is 6.58 Å². The Labute approximate surface area is 100 Å². The largest absolute Gasteiger partial charge is 0.384 e. The van der Waals surface area contributed by atoms with E-state index in [1.165, 1.54) is 0 Å². The third-order valence-electron chi connectivity index (χ3n) is 1.95. The molecule has 1 aromatic rings. The number of hydrogen-bond donors (Lipinski definition) is 2. The van der Waals surface area contributed by atoms with Crippen LogP contribution in [0.3, 0.4) is 0 Å². The Balaban J connectivity index is 2.25. The molecule has 0 aliphatic heterocycles. The van der Waals surface area contributed by atoms with Crippen molar-refractivity contribution in [1.29, 1.82) is 0 Å². The molecule has 1 rings (SSSR count). The number of amides is 1. The van der Waals surface area contributed by atoms with E-state index in [4.69, 9.17) is 11.6 Å². The van der Waals surface area contributed by atoms with E-state index in [-0.39, 0.29) is 5.91 Å². The molecular weight excluding hydrogens is 224 g/mol. The third kappa shape index (κ3) is 4.84. The van der Waals surface area contributed by atoms with Gasteiger partial charge in [0.05, 0.1) is 0 Å². The van der Waals surface area contributed by atoms with Crippen molar-refractivity contribution in [3.63, 3.8) is 0 Å². The van der Waals surface area contributed by atoms with E-state index in [2.05, 4.69) is 17.2 Å². The molecule has 2 N–H and O–H groups in total. The van der Waals surface area contributed by atoms with E-state index in [0.29, 0.717) is 24.5 Å². The van der Waals surface area contributed by atoms with Crippen LogP contribution in [0, 0.1) is 0 Å². The van der Waals surface area contributed by atoms with Crippen LogP contribution < -0.4 is 10.6 Å². The van der Waals surface area contributed by atoms with Crippen molar-refractivity contribution in [1.82, 2.24) is 5.32 Å². The Morgan fingerprint density at radius 2 is 2.31 bits per heavy atom. The van der Waals surface area contributed by atoms with Gasteiger partial charge in [0.1, 0.15) is 0 Å². The van der Waals surface area contributed by atoms with Crippen molar-refractivity contribution < 1.29 is 4.79 Å². The predicted molar refractivity (Wildman–Crippen MR) is 67.8 cm³/mol. The highest BCUT2D eigenvalue weighted by Gasteiger charge is 1.99. The van der Waals surface area contributed by atoms with Gasteiger partial charge in [0, 0.05) is 30.2 Å². The molecule has 1 aromatic carbocycles. The maximum Gasteiger partial charge on any atom is 0.222 e. The summed E-state index contributed by atoms with van der Waals surface area (Å²) in [6.45, 7) is 4.62. The van der Waals surface area contributed by atoms with Gasteiger partial charge in [-0.1, -0.05) is 23.7 Å². The van der Waals surface area contributed by atoms with Crippen molar-refractivity contribution in [3.8, 4) is 0 Å². The van der Waals surface area contributed by atoms with Gasteiger partial charge in [0.15, 0.2) is 0 Å². The van der Waals surface area contributed by atoms with Gasteiger partial charge in [-0.3, -0.25) is 4.79 Å². The predicted octanol–water partition coefficient (Wildman–Crippen LogP) is 2.44. The van der Waals surface area contributed by atoms with Gasteiger partial charge in [-0.25, -0.2) is 0 Å². The molecule has 0 aliphatic rings. The summed E-state index contributed by atoms with van der Waals surface area (Å²) >= 11 is 5.82. The van der Waals surface area contributed by atoms with Gasteiger partial charge < -0.3 is 10.6 Å². The molecule has 0 saturated carbocycles. The first-order valence-electron chi connectivity index (χ1n) is 5.09. The number of nitrogens with one attached hydrogen (secondary N) is 2. The van der Waals surface area contributed by atoms with E-state index in [1.807, 2.05) is 24.3 Å². The summed E-state index contributed by atoms with van der Waals surface area (Å²) in [4.78, 5) is 11.2. The lowest BCUT2D eigenvalue weighted by Crippen LogP contribution is -2.25. The zero-order chi connectivity index (χ0) is 11.8. The minimum Gasteiger partial charge on any atom is -0.384 e. The molecule has 0 aliphatic carbocycles. The van der Waals surface area contributed by atoms with Crippen LogP contribution in [0.4, 0.5) is 5.69 Å². The van der Waals surface area contributed by atoms with E-state index in [0.717, 1.165) is 5.69 Å². The van der Waals surface area contributed by atoms with E-state index < -0.39 is 0 Å². The summed E-state index contributed by atoms with van der Waals surface area (Å²) in [6.07, 6.45) is 2.09. The highest BCUT2D eigenvalue weighted by Crippen LogP contribution is 2.14. The van der Waals surface area contributed by atoms with Gasteiger partial charge in [0.2, 0.25) is 5.91 Å². The highest BCUT2D eigenvalue weighted by atomic mass is 35.5. The maximum absolute atomic E-state index is 11.2. The molecule has 86 valence electrons. The number of rotatable bonds is 6. The highest BCUT2D eigenvalue weighted by molar-refractivity contribution is 6.30. The Kier molecular flexibility index (Phi) is 5.43. The molecule has 0 spiro atoms. The zero-order valence-corrected chi connectivity index (χ0v) is 9.76. The second kappa shape index (κ2) is 6.90. The van der Waals surface area contributed by atoms with E-state index in [1.54, 1.807) is 6.08 Å². The third-order valence-corrected chi connectivity index (χ3v) is 2.18. The molecular formula is C12H15ClN2O. The van der Waals surface area contributed by atoms with Crippen LogP contribution in [0.25, 0.3) is 0 Å². The number of benzene rings is 1. The lowest BCUT2D eigenvalue weighted by Gasteiger charge is -2.06. The van der Waals surface area contributed by atoms with Crippen LogP contribution in [0.2, 0.25) is 5.02 Å². The average Bonchev–Trinajstić information content (AvgIpc) is 2.26. The Bertz CT molecular complexity index is 366. The van der Waals surface area contributed by atoms with E-state index in [9.17, 15) is 4.79 Å². The lowest BCUT2D eigenvalue weighted by atomic mass is 10.3. The number of carbonyl (C=O) groups excluding carboxylic acids is 1. The first kappa shape index (κ1) is 12.6. The van der Waals surface area contributed by atoms with E-state index >= 15 is 0 Å². The molecule has 0 aromatic heterocycles. The van der Waals surface area contributed by atoms with Crippen molar-refractivity contribution >= 4 is 23.2 Å². The second-order valence-electron chi connectivity index (χ2n) is 3.28. The van der Waals surface area contributed by atoms with Gasteiger partial charge >= 0.3 is 0 Å². The monoisotopic (exact) mass is 238 g/mol. The van der Waals surface area contributed by atoms with Crippen LogP contribution in [0.1, 0.15) is 6.42 Å². The summed E-state index contributed by atoms with van der Waals surface area (Å²) in [5.41, 5.74) is 0.920. The van der Waals surface area contributed by atoms with Crippen LogP contribution in [0.5, 0.6) is 0 Å². The normalized spacial score (nSPS) is 9.56. The Morgan fingerprint density at radius 1 is 1.50 bits per heavy atom. The Morgan fingerprint density at radius 3 is 3.00 bits per heavy atom. The van der Waals surface area contributed by atoms with Gasteiger partial charge in [-0.2, -0.15) is 0 Å². The molecule has 0 atom stereocenters. The minimum absolute atomic E-state index is 0.00873. The Hall–Kier alpha value is -1.48. The first-order chi connectivity index (χ1) is 7.72. The minimum atomic E-state index is 0.00873. The van der Waals surface area contributed by atoms with Crippen molar-refractivity contribution in [2.75, 3.05) is 18.4 Å². The molecule has 0 heterocycles. The van der Waals surface area contributed by atoms with Crippen LogP contribution in [-0.2, 0) is 4.79 Å². The topological polar surface area (TPSA) is 41.1 Å². The fourth-order valence-electron chi connectivity index (χ4n) is 1.19. The zero-order valence-electron chi connectivity index (χ0n) is 9.00. The lowest BCUT2D eigenvalue weighted by molar-refractivity contribution is -0.120. The molecule has 1 amide bonds. The fraction of sp³-hybridized carbons (Fsp3) is 0.250. The molecule has 0 unspecified atom stereocenters. The number of halogens is 1. The second-order valence-corrected chi connectivity index (χ2v) is 3.72. The average molecular weight is 239 g/mol. The molecule has 0 bridgehead atoms. The maximum atomic E-state index is 11.2. The quantitative estimate of drug-likeness (QED) is 0.748. The molecule has 3 nitrogen and oxygen atoms in total. The summed E-state index contributed by atoms with van der Waals surface area (Å²) in [5, 5.41) is 6.51. The summed E-state index contributed by atoms with van der Waals surface area (Å²) < 4.78 is 0. The van der Waals surface area contributed by atoms with Gasteiger partial charge in [0.25, 0.3) is 0 Å². The van der Waals surface area contributed by atoms with Crippen molar-refractivity contribution in [2.24, 2.45) is 0 Å². The number of carbonyl (C=O) groups is 1. The van der Waals surface area contributed by atoms with Crippen molar-refractivity contribution in [2.45, 2.75) is 6.42 Å². The molecule has 4 heteroatoms. The van der Waals surface area contributed by atoms with Gasteiger partial charge in [-0.05, 0) is 18.2 Å². The summed E-state index contributed by atoms with van der Waals surface area (Å²) in [6, 6.07) is 7.41. The molecule has 0 radical (unpaired) electrons. The summed E-state index contributed by atoms with van der Waals surface area (Å²) in [7, 11) is 0. The fourth-order valence-corrected chi connectivity index (χ4v) is 1.38. The first-order valence-corrected chi connectivity index (χ1v) is 5.47. The number of hydrogen-bond acceptors (Lipinski definition) is 2. The van der Waals surface area contributed by atoms with Crippen molar-refractivity contribution in [3.05, 3.63) is 41.9 Å². The molecule has 0 saturated heterocycles. The molecule has 16 heavy (non-hydrogen) atoms. The molecule has 0 fully saturated rings.